The molecule has 0 spiro atoms. The lowest BCUT2D eigenvalue weighted by atomic mass is 9.88. The third-order valence-corrected chi connectivity index (χ3v) is 7.73. The van der Waals surface area contributed by atoms with Gasteiger partial charge in [0.1, 0.15) is 0 Å². The number of carbonyl (C=O) groups is 1. The van der Waals surface area contributed by atoms with E-state index in [0.29, 0.717) is 18.8 Å². The van der Waals surface area contributed by atoms with Crippen molar-refractivity contribution < 1.29 is 19.0 Å². The van der Waals surface area contributed by atoms with Crippen molar-refractivity contribution in [2.75, 3.05) is 85.8 Å². The minimum absolute atomic E-state index is 0.165. The van der Waals surface area contributed by atoms with Crippen molar-refractivity contribution in [3.8, 4) is 0 Å². The van der Waals surface area contributed by atoms with Crippen LogP contribution in [0, 0.1) is 5.92 Å². The van der Waals surface area contributed by atoms with E-state index in [1.54, 1.807) is 7.11 Å². The van der Waals surface area contributed by atoms with Gasteiger partial charge in [-0.15, -0.1) is 0 Å². The Labute approximate surface area is 255 Å². The lowest BCUT2D eigenvalue weighted by Crippen LogP contribution is -2.54. The van der Waals surface area contributed by atoms with Gasteiger partial charge in [0.2, 0.25) is 5.91 Å². The molecule has 41 heavy (non-hydrogen) atoms. The first kappa shape index (κ1) is 40.2. The Hall–Kier alpha value is -0.770. The van der Waals surface area contributed by atoms with Crippen LogP contribution in [0.25, 0.3) is 0 Å². The van der Waals surface area contributed by atoms with Gasteiger partial charge in [0.25, 0.3) is 0 Å². The third kappa shape index (κ3) is 18.5. The maximum atomic E-state index is 12.5. The summed E-state index contributed by atoms with van der Waals surface area (Å²) in [6.07, 6.45) is 8.44. The minimum atomic E-state index is 0.165. The minimum Gasteiger partial charge on any atom is -0.383 e. The standard InChI is InChI=1S/C27H52N4O4.3C2H6/c1-4-16-34-17-5-6-23(2)21-30-9-7-25(8-10-30)35-26-19-24(20-26)28-27(32)22-31-13-11-29(12-14-31)15-18-33-3;3*1-2/h23-26H,4-22H2,1-3H3,(H,28,32);3*1-2H3. The van der Waals surface area contributed by atoms with Crippen LogP contribution in [0.15, 0.2) is 0 Å². The number of methoxy groups -OCH3 is 1. The molecule has 0 radical (unpaired) electrons. The average Bonchev–Trinajstić information content (AvgIpc) is 2.99. The highest BCUT2D eigenvalue weighted by Crippen LogP contribution is 2.27. The van der Waals surface area contributed by atoms with Crippen LogP contribution in [0.3, 0.4) is 0 Å². The summed E-state index contributed by atoms with van der Waals surface area (Å²) in [5.41, 5.74) is 0. The molecule has 246 valence electrons. The molecule has 1 amide bonds. The number of nitrogens with one attached hydrogen (secondary N) is 1. The van der Waals surface area contributed by atoms with Crippen molar-refractivity contribution in [1.29, 1.82) is 0 Å². The molecule has 0 bridgehead atoms. The second-order valence-electron chi connectivity index (χ2n) is 11.0. The summed E-state index contributed by atoms with van der Waals surface area (Å²) >= 11 is 0. The van der Waals surface area contributed by atoms with Crippen LogP contribution in [-0.2, 0) is 19.0 Å². The van der Waals surface area contributed by atoms with Gasteiger partial charge in [-0.1, -0.05) is 55.4 Å². The number of nitrogens with zero attached hydrogens (tertiary/aromatic N) is 3. The van der Waals surface area contributed by atoms with Crippen molar-refractivity contribution in [2.45, 2.75) is 119 Å². The first-order valence-electron chi connectivity index (χ1n) is 17.2. The Morgan fingerprint density at radius 3 is 2.02 bits per heavy atom. The van der Waals surface area contributed by atoms with Gasteiger partial charge in [0.05, 0.1) is 25.4 Å². The van der Waals surface area contributed by atoms with Crippen LogP contribution in [0.4, 0.5) is 0 Å². The zero-order chi connectivity index (χ0) is 30.9. The maximum absolute atomic E-state index is 12.5. The molecule has 3 aliphatic rings. The third-order valence-electron chi connectivity index (χ3n) is 7.73. The largest absolute Gasteiger partial charge is 0.383 e. The summed E-state index contributed by atoms with van der Waals surface area (Å²) in [7, 11) is 1.75. The summed E-state index contributed by atoms with van der Waals surface area (Å²) in [5.74, 6) is 0.895. The molecule has 3 fully saturated rings. The molecule has 1 saturated carbocycles. The molecule has 8 nitrogen and oxygen atoms in total. The Kier molecular flexibility index (Phi) is 26.3. The molecule has 8 heteroatoms. The molecule has 2 heterocycles. The first-order valence-corrected chi connectivity index (χ1v) is 17.2. The van der Waals surface area contributed by atoms with Gasteiger partial charge >= 0.3 is 0 Å². The van der Waals surface area contributed by atoms with Crippen molar-refractivity contribution in [3.05, 3.63) is 0 Å². The number of rotatable bonds is 16. The van der Waals surface area contributed by atoms with Crippen molar-refractivity contribution in [2.24, 2.45) is 5.92 Å². The molecule has 1 N–H and O–H groups in total. The van der Waals surface area contributed by atoms with Gasteiger partial charge in [-0.3, -0.25) is 14.6 Å². The van der Waals surface area contributed by atoms with Crippen molar-refractivity contribution in [3.63, 3.8) is 0 Å². The molecule has 0 aromatic rings. The van der Waals surface area contributed by atoms with Crippen LogP contribution < -0.4 is 5.32 Å². The van der Waals surface area contributed by atoms with Crippen LogP contribution in [0.2, 0.25) is 0 Å². The molecule has 1 unspecified atom stereocenters. The lowest BCUT2D eigenvalue weighted by Gasteiger charge is -2.41. The fourth-order valence-electron chi connectivity index (χ4n) is 5.47. The van der Waals surface area contributed by atoms with Crippen LogP contribution in [0.1, 0.15) is 100 Å². The normalized spacial score (nSPS) is 22.6. The number of hydrogen-bond acceptors (Lipinski definition) is 7. The fourth-order valence-corrected chi connectivity index (χ4v) is 5.47. The maximum Gasteiger partial charge on any atom is 0.234 e. The van der Waals surface area contributed by atoms with E-state index in [1.807, 2.05) is 41.5 Å². The van der Waals surface area contributed by atoms with E-state index < -0.39 is 0 Å². The van der Waals surface area contributed by atoms with Crippen LogP contribution >= 0.6 is 0 Å². The Morgan fingerprint density at radius 1 is 0.829 bits per heavy atom. The Balaban J connectivity index is 0.00000250. The van der Waals surface area contributed by atoms with Gasteiger partial charge in [0.15, 0.2) is 0 Å². The topological polar surface area (TPSA) is 66.5 Å². The predicted octanol–water partition coefficient (Wildman–Crippen LogP) is 5.30. The zero-order valence-electron chi connectivity index (χ0n) is 28.7. The zero-order valence-corrected chi connectivity index (χ0v) is 28.7. The van der Waals surface area contributed by atoms with Crippen LogP contribution in [0.5, 0.6) is 0 Å². The molecule has 1 atom stereocenters. The van der Waals surface area contributed by atoms with Gasteiger partial charge in [-0.05, 0) is 50.9 Å². The summed E-state index contributed by atoms with van der Waals surface area (Å²) in [4.78, 5) is 19.7. The summed E-state index contributed by atoms with van der Waals surface area (Å²) in [5, 5.41) is 3.22. The number of hydrogen-bond donors (Lipinski definition) is 1. The molecule has 2 saturated heterocycles. The molecule has 0 aromatic heterocycles. The van der Waals surface area contributed by atoms with E-state index in [4.69, 9.17) is 14.2 Å². The second kappa shape index (κ2) is 26.8. The Bertz CT molecular complexity index is 576. The molecule has 2 aliphatic heterocycles. The van der Waals surface area contributed by atoms with Gasteiger partial charge in [-0.2, -0.15) is 0 Å². The molecule has 3 rings (SSSR count). The van der Waals surface area contributed by atoms with Gasteiger partial charge in [0, 0.05) is 78.7 Å². The number of amides is 1. The van der Waals surface area contributed by atoms with E-state index >= 15 is 0 Å². The summed E-state index contributed by atoms with van der Waals surface area (Å²) < 4.78 is 17.1. The molecule has 1 aliphatic carbocycles. The molecular formula is C33H70N4O4. The highest BCUT2D eigenvalue weighted by atomic mass is 16.5. The van der Waals surface area contributed by atoms with Crippen molar-refractivity contribution in [1.82, 2.24) is 20.0 Å². The molecule has 0 aromatic carbocycles. The van der Waals surface area contributed by atoms with E-state index in [-0.39, 0.29) is 11.9 Å². The van der Waals surface area contributed by atoms with Gasteiger partial charge in [-0.25, -0.2) is 0 Å². The number of carbonyl (C=O) groups excluding carboxylic acids is 1. The van der Waals surface area contributed by atoms with Crippen LogP contribution in [-0.4, -0.2) is 125 Å². The first-order chi connectivity index (χ1) is 20.1. The van der Waals surface area contributed by atoms with E-state index in [2.05, 4.69) is 33.9 Å². The number of piperazine rings is 1. The highest BCUT2D eigenvalue weighted by Gasteiger charge is 2.34. The highest BCUT2D eigenvalue weighted by molar-refractivity contribution is 5.78. The second-order valence-corrected chi connectivity index (χ2v) is 11.0. The van der Waals surface area contributed by atoms with Crippen molar-refractivity contribution >= 4 is 5.91 Å². The predicted molar refractivity (Wildman–Crippen MR) is 174 cm³/mol. The quantitative estimate of drug-likeness (QED) is 0.246. The summed E-state index contributed by atoms with van der Waals surface area (Å²) in [6.45, 7) is 28.0. The van der Waals surface area contributed by atoms with Gasteiger partial charge < -0.3 is 24.4 Å². The lowest BCUT2D eigenvalue weighted by molar-refractivity contribution is -0.127. The number of piperidine rings is 1. The molecular weight excluding hydrogens is 516 g/mol. The number of ether oxygens (including phenoxy) is 3. The summed E-state index contributed by atoms with van der Waals surface area (Å²) in [6, 6.07) is 0.290. The van der Waals surface area contributed by atoms with E-state index in [9.17, 15) is 4.79 Å². The van der Waals surface area contributed by atoms with E-state index in [1.165, 1.54) is 19.4 Å². The number of likely N-dealkylation sites (tertiary alicyclic amines) is 1. The van der Waals surface area contributed by atoms with E-state index in [0.717, 1.165) is 104 Å². The Morgan fingerprint density at radius 2 is 1.44 bits per heavy atom. The monoisotopic (exact) mass is 587 g/mol. The fraction of sp³-hybridized carbons (Fsp3) is 0.970. The average molecular weight is 587 g/mol. The SMILES string of the molecule is CC.CC.CC.CCCOCCCC(C)CN1CCC(OC2CC(NC(=O)CN3CCN(CCOC)CC3)C2)CC1. The smallest absolute Gasteiger partial charge is 0.234 e.